The predicted molar refractivity (Wildman–Crippen MR) is 68.4 cm³/mol. The standard InChI is InChI=1S/C12H25NO2S/c1-3-6-12(13-8-4-2)11-7-5-9-16(14,15)10-11/h11-13H,3-10H2,1-2H3. The van der Waals surface area contributed by atoms with Gasteiger partial charge in [0.1, 0.15) is 0 Å². The maximum absolute atomic E-state index is 11.6. The molecule has 1 saturated heterocycles. The van der Waals surface area contributed by atoms with Crippen LogP contribution in [0.3, 0.4) is 0 Å². The van der Waals surface area contributed by atoms with Crippen LogP contribution in [0.2, 0.25) is 0 Å². The third kappa shape index (κ3) is 4.42. The van der Waals surface area contributed by atoms with Crippen molar-refractivity contribution in [2.24, 2.45) is 5.92 Å². The van der Waals surface area contributed by atoms with Gasteiger partial charge < -0.3 is 5.32 Å². The molecule has 0 bridgehead atoms. The first-order chi connectivity index (χ1) is 7.59. The van der Waals surface area contributed by atoms with Crippen LogP contribution in [0.15, 0.2) is 0 Å². The molecule has 0 aromatic rings. The zero-order chi connectivity index (χ0) is 12.0. The second-order valence-electron chi connectivity index (χ2n) is 4.87. The average Bonchev–Trinajstić information content (AvgIpc) is 2.22. The van der Waals surface area contributed by atoms with Gasteiger partial charge >= 0.3 is 0 Å². The van der Waals surface area contributed by atoms with E-state index in [1.165, 1.54) is 0 Å². The van der Waals surface area contributed by atoms with Crippen LogP contribution in [-0.4, -0.2) is 32.5 Å². The molecule has 16 heavy (non-hydrogen) atoms. The van der Waals surface area contributed by atoms with Crippen LogP contribution >= 0.6 is 0 Å². The molecule has 4 heteroatoms. The Kier molecular flexibility index (Phi) is 5.76. The molecule has 0 aromatic heterocycles. The first-order valence-electron chi connectivity index (χ1n) is 6.53. The number of rotatable bonds is 6. The van der Waals surface area contributed by atoms with Crippen molar-refractivity contribution in [3.8, 4) is 0 Å². The Bertz CT molecular complexity index is 287. The number of hydrogen-bond donors (Lipinski definition) is 1. The third-order valence-corrected chi connectivity index (χ3v) is 5.17. The van der Waals surface area contributed by atoms with E-state index in [0.717, 1.165) is 38.6 Å². The van der Waals surface area contributed by atoms with Crippen molar-refractivity contribution in [1.29, 1.82) is 0 Å². The SMILES string of the molecule is CCCNC(CCC)C1CCCS(=O)(=O)C1. The van der Waals surface area contributed by atoms with Crippen molar-refractivity contribution >= 4 is 9.84 Å². The normalized spacial score (nSPS) is 26.5. The molecule has 0 aliphatic carbocycles. The summed E-state index contributed by atoms with van der Waals surface area (Å²) >= 11 is 0. The summed E-state index contributed by atoms with van der Waals surface area (Å²) in [6.45, 7) is 5.31. The predicted octanol–water partition coefficient (Wildman–Crippen LogP) is 1.98. The van der Waals surface area contributed by atoms with Gasteiger partial charge in [-0.15, -0.1) is 0 Å². The van der Waals surface area contributed by atoms with Crippen molar-refractivity contribution in [1.82, 2.24) is 5.32 Å². The third-order valence-electron chi connectivity index (χ3n) is 3.32. The van der Waals surface area contributed by atoms with E-state index < -0.39 is 9.84 Å². The lowest BCUT2D eigenvalue weighted by atomic mass is 9.93. The van der Waals surface area contributed by atoms with E-state index >= 15 is 0 Å². The molecule has 1 rings (SSSR count). The number of sulfone groups is 1. The molecule has 3 nitrogen and oxygen atoms in total. The van der Waals surface area contributed by atoms with Crippen LogP contribution < -0.4 is 5.32 Å². The summed E-state index contributed by atoms with van der Waals surface area (Å²) in [6.07, 6.45) is 5.25. The highest BCUT2D eigenvalue weighted by Gasteiger charge is 2.29. The summed E-state index contributed by atoms with van der Waals surface area (Å²) in [5.41, 5.74) is 0. The second-order valence-corrected chi connectivity index (χ2v) is 7.09. The Morgan fingerprint density at radius 1 is 1.31 bits per heavy atom. The summed E-state index contributed by atoms with van der Waals surface area (Å²) < 4.78 is 23.2. The van der Waals surface area contributed by atoms with Crippen LogP contribution in [0.4, 0.5) is 0 Å². The fraction of sp³-hybridized carbons (Fsp3) is 1.00. The van der Waals surface area contributed by atoms with Gasteiger partial charge in [-0.1, -0.05) is 20.3 Å². The Hall–Kier alpha value is -0.0900. The molecule has 0 saturated carbocycles. The summed E-state index contributed by atoms with van der Waals surface area (Å²) in [6, 6.07) is 0.403. The minimum atomic E-state index is -2.76. The molecule has 96 valence electrons. The van der Waals surface area contributed by atoms with Gasteiger partial charge in [-0.25, -0.2) is 8.42 Å². The van der Waals surface area contributed by atoms with Gasteiger partial charge in [0, 0.05) is 6.04 Å². The summed E-state index contributed by atoms with van der Waals surface area (Å²) in [5, 5.41) is 3.51. The van der Waals surface area contributed by atoms with Crippen LogP contribution in [-0.2, 0) is 9.84 Å². The molecular weight excluding hydrogens is 222 g/mol. The van der Waals surface area contributed by atoms with E-state index in [2.05, 4.69) is 19.2 Å². The van der Waals surface area contributed by atoms with Crippen molar-refractivity contribution in [2.75, 3.05) is 18.1 Å². The van der Waals surface area contributed by atoms with E-state index in [1.807, 2.05) is 0 Å². The van der Waals surface area contributed by atoms with E-state index in [4.69, 9.17) is 0 Å². The highest BCUT2D eigenvalue weighted by Crippen LogP contribution is 2.23. The second kappa shape index (κ2) is 6.60. The van der Waals surface area contributed by atoms with Crippen LogP contribution in [0, 0.1) is 5.92 Å². The molecule has 2 unspecified atom stereocenters. The lowest BCUT2D eigenvalue weighted by Gasteiger charge is -2.30. The summed E-state index contributed by atoms with van der Waals surface area (Å²) in [4.78, 5) is 0. The molecule has 1 heterocycles. The quantitative estimate of drug-likeness (QED) is 0.780. The molecule has 0 radical (unpaired) electrons. The van der Waals surface area contributed by atoms with Crippen molar-refractivity contribution in [2.45, 2.75) is 52.0 Å². The Morgan fingerprint density at radius 2 is 2.06 bits per heavy atom. The summed E-state index contributed by atoms with van der Waals surface area (Å²) in [7, 11) is -2.76. The fourth-order valence-corrected chi connectivity index (χ4v) is 4.35. The van der Waals surface area contributed by atoms with Gasteiger partial charge in [-0.05, 0) is 38.1 Å². The van der Waals surface area contributed by atoms with E-state index in [1.54, 1.807) is 0 Å². The van der Waals surface area contributed by atoms with Crippen LogP contribution in [0.25, 0.3) is 0 Å². The first-order valence-corrected chi connectivity index (χ1v) is 8.35. The first kappa shape index (κ1) is 14.0. The molecular formula is C12H25NO2S. The maximum atomic E-state index is 11.6. The molecule has 2 atom stereocenters. The van der Waals surface area contributed by atoms with Gasteiger partial charge in [-0.2, -0.15) is 0 Å². The average molecular weight is 247 g/mol. The lowest BCUT2D eigenvalue weighted by molar-refractivity contribution is 0.328. The van der Waals surface area contributed by atoms with Gasteiger partial charge in [-0.3, -0.25) is 0 Å². The number of nitrogens with one attached hydrogen (secondary N) is 1. The van der Waals surface area contributed by atoms with Gasteiger partial charge in [0.25, 0.3) is 0 Å². The fourth-order valence-electron chi connectivity index (χ4n) is 2.52. The molecule has 1 aliphatic rings. The maximum Gasteiger partial charge on any atom is 0.150 e. The summed E-state index contributed by atoms with van der Waals surface area (Å²) in [5.74, 6) is 1.13. The molecule has 0 amide bonds. The smallest absolute Gasteiger partial charge is 0.150 e. The van der Waals surface area contributed by atoms with Crippen molar-refractivity contribution < 1.29 is 8.42 Å². The zero-order valence-electron chi connectivity index (χ0n) is 10.5. The number of hydrogen-bond acceptors (Lipinski definition) is 3. The van der Waals surface area contributed by atoms with Gasteiger partial charge in [0.2, 0.25) is 0 Å². The highest BCUT2D eigenvalue weighted by atomic mass is 32.2. The van der Waals surface area contributed by atoms with E-state index in [9.17, 15) is 8.42 Å². The van der Waals surface area contributed by atoms with Crippen LogP contribution in [0.5, 0.6) is 0 Å². The lowest BCUT2D eigenvalue weighted by Crippen LogP contribution is -2.42. The van der Waals surface area contributed by atoms with E-state index in [-0.39, 0.29) is 0 Å². The van der Waals surface area contributed by atoms with Gasteiger partial charge in [0.05, 0.1) is 11.5 Å². The Morgan fingerprint density at radius 3 is 2.62 bits per heavy atom. The molecule has 1 fully saturated rings. The Labute approximate surface area is 99.9 Å². The Balaban J connectivity index is 2.55. The zero-order valence-corrected chi connectivity index (χ0v) is 11.4. The largest absolute Gasteiger partial charge is 0.314 e. The molecule has 0 aromatic carbocycles. The monoisotopic (exact) mass is 247 g/mol. The molecule has 1 aliphatic heterocycles. The molecule has 1 N–H and O–H groups in total. The minimum absolute atomic E-state index is 0.338. The van der Waals surface area contributed by atoms with Crippen molar-refractivity contribution in [3.05, 3.63) is 0 Å². The minimum Gasteiger partial charge on any atom is -0.314 e. The molecule has 0 spiro atoms. The van der Waals surface area contributed by atoms with Gasteiger partial charge in [0.15, 0.2) is 9.84 Å². The van der Waals surface area contributed by atoms with E-state index in [0.29, 0.717) is 23.5 Å². The topological polar surface area (TPSA) is 46.2 Å². The highest BCUT2D eigenvalue weighted by molar-refractivity contribution is 7.91. The van der Waals surface area contributed by atoms with Crippen molar-refractivity contribution in [3.63, 3.8) is 0 Å². The van der Waals surface area contributed by atoms with Crippen LogP contribution in [0.1, 0.15) is 46.0 Å².